The van der Waals surface area contributed by atoms with Crippen molar-refractivity contribution in [2.75, 3.05) is 13.1 Å². The molecule has 0 aliphatic carbocycles. The molecule has 0 spiro atoms. The van der Waals surface area contributed by atoms with E-state index in [1.807, 2.05) is 26.0 Å². The molecule has 0 amide bonds. The fourth-order valence-electron chi connectivity index (χ4n) is 2.66. The smallest absolute Gasteiger partial charge is 0.251 e. The van der Waals surface area contributed by atoms with Crippen LogP contribution in [0.1, 0.15) is 32.2 Å². The second-order valence-electron chi connectivity index (χ2n) is 6.87. The molecular weight excluding hydrogens is 418 g/mol. The Morgan fingerprint density at radius 1 is 1.36 bits per heavy atom. The molecule has 3 rings (SSSR count). The zero-order valence-corrected chi connectivity index (χ0v) is 18.1. The van der Waals surface area contributed by atoms with Crippen molar-refractivity contribution in [1.29, 1.82) is 0 Å². The van der Waals surface area contributed by atoms with E-state index in [1.54, 1.807) is 12.5 Å². The molecule has 0 atom stereocenters. The van der Waals surface area contributed by atoms with Crippen molar-refractivity contribution in [1.82, 2.24) is 24.8 Å². The molecule has 0 bridgehead atoms. The quantitative estimate of drug-likeness (QED) is 0.695. The van der Waals surface area contributed by atoms with Crippen LogP contribution in [0.2, 0.25) is 0 Å². The van der Waals surface area contributed by atoms with Crippen LogP contribution in [0, 0.1) is 6.92 Å². The summed E-state index contributed by atoms with van der Waals surface area (Å²) in [5.41, 5.74) is 3.65. The normalized spacial score (nSPS) is 17.4. The number of hydrogen-bond donors (Lipinski definition) is 1. The minimum atomic E-state index is 0.379. The SMILES string of the molecule is CC(/C=C\c1nc[nH]c1C)=Nc1ncc(Br)c(N=C2C=CCN(C(C)C)C2)n1. The van der Waals surface area contributed by atoms with Gasteiger partial charge in [0.05, 0.1) is 22.2 Å². The van der Waals surface area contributed by atoms with Crippen molar-refractivity contribution >= 4 is 45.2 Å². The molecule has 1 N–H and O–H groups in total. The third-order valence-corrected chi connectivity index (χ3v) is 4.89. The highest BCUT2D eigenvalue weighted by Crippen LogP contribution is 2.25. The summed E-state index contributed by atoms with van der Waals surface area (Å²) in [6, 6.07) is 0.469. The van der Waals surface area contributed by atoms with E-state index in [1.165, 1.54) is 0 Å². The summed E-state index contributed by atoms with van der Waals surface area (Å²) in [7, 11) is 0. The maximum atomic E-state index is 4.71. The molecule has 28 heavy (non-hydrogen) atoms. The van der Waals surface area contributed by atoms with Crippen molar-refractivity contribution in [2.24, 2.45) is 9.98 Å². The first-order valence-electron chi connectivity index (χ1n) is 9.16. The minimum absolute atomic E-state index is 0.379. The van der Waals surface area contributed by atoms with Gasteiger partial charge in [-0.25, -0.2) is 20.0 Å². The monoisotopic (exact) mass is 441 g/mol. The summed E-state index contributed by atoms with van der Waals surface area (Å²) in [5, 5.41) is 0. The van der Waals surface area contributed by atoms with Gasteiger partial charge in [-0.05, 0) is 61.9 Å². The van der Waals surface area contributed by atoms with E-state index in [0.717, 1.165) is 40.4 Å². The molecule has 1 aliphatic rings. The van der Waals surface area contributed by atoms with Gasteiger partial charge in [-0.15, -0.1) is 0 Å². The summed E-state index contributed by atoms with van der Waals surface area (Å²) < 4.78 is 0.745. The molecule has 7 nitrogen and oxygen atoms in total. The number of imidazole rings is 1. The van der Waals surface area contributed by atoms with Gasteiger partial charge < -0.3 is 4.98 Å². The predicted molar refractivity (Wildman–Crippen MR) is 118 cm³/mol. The van der Waals surface area contributed by atoms with Gasteiger partial charge in [0.25, 0.3) is 5.95 Å². The summed E-state index contributed by atoms with van der Waals surface area (Å²) >= 11 is 3.49. The van der Waals surface area contributed by atoms with Gasteiger partial charge in [-0.3, -0.25) is 4.90 Å². The number of allylic oxidation sites excluding steroid dienone is 1. The van der Waals surface area contributed by atoms with Gasteiger partial charge in [0.15, 0.2) is 5.82 Å². The Labute approximate surface area is 173 Å². The van der Waals surface area contributed by atoms with Crippen LogP contribution in [0.15, 0.2) is 45.2 Å². The van der Waals surface area contributed by atoms with Gasteiger partial charge in [-0.1, -0.05) is 6.08 Å². The molecule has 3 heterocycles. The lowest BCUT2D eigenvalue weighted by molar-refractivity contribution is 0.278. The number of hydrogen-bond acceptors (Lipinski definition) is 6. The first kappa shape index (κ1) is 20.3. The maximum Gasteiger partial charge on any atom is 0.251 e. The van der Waals surface area contributed by atoms with Crippen molar-refractivity contribution in [3.63, 3.8) is 0 Å². The molecule has 0 saturated heterocycles. The molecule has 1 aliphatic heterocycles. The highest BCUT2D eigenvalue weighted by atomic mass is 79.9. The Morgan fingerprint density at radius 3 is 2.89 bits per heavy atom. The lowest BCUT2D eigenvalue weighted by Crippen LogP contribution is -2.37. The number of aliphatic imine (C=N–C) groups is 2. The Kier molecular flexibility index (Phi) is 6.64. The van der Waals surface area contributed by atoms with Gasteiger partial charge in [0.2, 0.25) is 0 Å². The number of halogens is 1. The minimum Gasteiger partial charge on any atom is -0.348 e. The molecule has 146 valence electrons. The largest absolute Gasteiger partial charge is 0.348 e. The van der Waals surface area contributed by atoms with Crippen molar-refractivity contribution < 1.29 is 0 Å². The molecule has 2 aromatic rings. The second kappa shape index (κ2) is 9.16. The van der Waals surface area contributed by atoms with Crippen LogP contribution in [-0.2, 0) is 0 Å². The average Bonchev–Trinajstić information content (AvgIpc) is 3.08. The topological polar surface area (TPSA) is 82.4 Å². The first-order chi connectivity index (χ1) is 13.4. The van der Waals surface area contributed by atoms with E-state index in [9.17, 15) is 0 Å². The van der Waals surface area contributed by atoms with Gasteiger partial charge >= 0.3 is 0 Å². The van der Waals surface area contributed by atoms with Gasteiger partial charge in [0, 0.05) is 36.7 Å². The molecule has 2 aromatic heterocycles. The summed E-state index contributed by atoms with van der Waals surface area (Å²) in [6.45, 7) is 9.99. The van der Waals surface area contributed by atoms with E-state index in [0.29, 0.717) is 17.8 Å². The van der Waals surface area contributed by atoms with Crippen LogP contribution in [-0.4, -0.2) is 55.4 Å². The van der Waals surface area contributed by atoms with E-state index >= 15 is 0 Å². The number of H-pyrrole nitrogens is 1. The van der Waals surface area contributed by atoms with Crippen molar-refractivity contribution in [3.8, 4) is 0 Å². The van der Waals surface area contributed by atoms with E-state index in [2.05, 4.69) is 71.8 Å². The number of aromatic nitrogens is 4. The molecule has 0 saturated carbocycles. The number of aromatic amines is 1. The lowest BCUT2D eigenvalue weighted by Gasteiger charge is -2.27. The molecular formula is C20H24BrN7. The number of rotatable bonds is 5. The van der Waals surface area contributed by atoms with E-state index in [4.69, 9.17) is 4.99 Å². The Hall–Kier alpha value is -2.45. The molecule has 0 aromatic carbocycles. The molecule has 0 radical (unpaired) electrons. The van der Waals surface area contributed by atoms with Crippen molar-refractivity contribution in [2.45, 2.75) is 33.7 Å². The third-order valence-electron chi connectivity index (χ3n) is 4.34. The number of aryl methyl sites for hydroxylation is 1. The summed E-state index contributed by atoms with van der Waals surface area (Å²) in [4.78, 5) is 27.6. The van der Waals surface area contributed by atoms with Crippen LogP contribution < -0.4 is 0 Å². The highest BCUT2D eigenvalue weighted by molar-refractivity contribution is 9.10. The van der Waals surface area contributed by atoms with Gasteiger partial charge in [-0.2, -0.15) is 4.98 Å². The second-order valence-corrected chi connectivity index (χ2v) is 7.72. The predicted octanol–water partition coefficient (Wildman–Crippen LogP) is 4.43. The fourth-order valence-corrected chi connectivity index (χ4v) is 2.94. The Balaban J connectivity index is 1.80. The average molecular weight is 442 g/mol. The number of nitrogens with one attached hydrogen (secondary N) is 1. The summed E-state index contributed by atoms with van der Waals surface area (Å²) in [5.74, 6) is 0.961. The third kappa shape index (κ3) is 5.30. The van der Waals surface area contributed by atoms with Crippen LogP contribution in [0.4, 0.5) is 11.8 Å². The summed E-state index contributed by atoms with van der Waals surface area (Å²) in [6.07, 6.45) is 11.3. The Morgan fingerprint density at radius 2 is 2.18 bits per heavy atom. The van der Waals surface area contributed by atoms with E-state index < -0.39 is 0 Å². The Bertz CT molecular complexity index is 953. The fraction of sp³-hybridized carbons (Fsp3) is 0.350. The molecule has 0 unspecified atom stereocenters. The number of nitrogens with zero attached hydrogens (tertiary/aromatic N) is 6. The lowest BCUT2D eigenvalue weighted by atomic mass is 10.2. The molecule has 8 heteroatoms. The van der Waals surface area contributed by atoms with Crippen LogP contribution in [0.25, 0.3) is 6.08 Å². The van der Waals surface area contributed by atoms with Crippen LogP contribution in [0.5, 0.6) is 0 Å². The maximum absolute atomic E-state index is 4.71. The molecule has 0 fully saturated rings. The van der Waals surface area contributed by atoms with Crippen LogP contribution in [0.3, 0.4) is 0 Å². The van der Waals surface area contributed by atoms with Crippen molar-refractivity contribution in [3.05, 3.63) is 46.6 Å². The standard InChI is InChI=1S/C20H24BrN7/c1-13(2)28-9-5-6-16(11-28)26-19-17(21)10-22-20(27-19)25-14(3)7-8-18-15(4)23-12-24-18/h5-8,10,12-13H,9,11H2,1-4H3,(H,23,24)/b8-7-,25-14?,26-16?. The zero-order valence-electron chi connectivity index (χ0n) is 16.5. The highest BCUT2D eigenvalue weighted by Gasteiger charge is 2.14. The first-order valence-corrected chi connectivity index (χ1v) is 9.95. The van der Waals surface area contributed by atoms with Crippen LogP contribution >= 0.6 is 15.9 Å². The zero-order chi connectivity index (χ0) is 20.1. The van der Waals surface area contributed by atoms with E-state index in [-0.39, 0.29) is 0 Å². The van der Waals surface area contributed by atoms with Gasteiger partial charge in [0.1, 0.15) is 0 Å².